The summed E-state index contributed by atoms with van der Waals surface area (Å²) in [5.74, 6) is 0. The molecule has 0 aliphatic heterocycles. The van der Waals surface area contributed by atoms with Crippen molar-refractivity contribution in [2.45, 2.75) is 142 Å². The third-order valence-electron chi connectivity index (χ3n) is 7.62. The van der Waals surface area contributed by atoms with E-state index in [-0.39, 0.29) is 12.4 Å². The lowest BCUT2D eigenvalue weighted by Gasteiger charge is -2.28. The van der Waals surface area contributed by atoms with Gasteiger partial charge < -0.3 is 12.4 Å². The van der Waals surface area contributed by atoms with Gasteiger partial charge in [0.1, 0.15) is 0 Å². The Kier molecular flexibility index (Phi) is 25.1. The molecule has 1 aromatic carbocycles. The molecule has 0 aliphatic rings. The average Bonchev–Trinajstić information content (AvgIpc) is 2.86. The summed E-state index contributed by atoms with van der Waals surface area (Å²) in [7, 11) is -0.909. The molecule has 35 heavy (non-hydrogen) atoms. The summed E-state index contributed by atoms with van der Waals surface area (Å²) in [6, 6.07) is 11.6. The van der Waals surface area contributed by atoms with E-state index < -0.39 is 7.26 Å². The highest BCUT2D eigenvalue weighted by molar-refractivity contribution is 7.75. The van der Waals surface area contributed by atoms with Crippen molar-refractivity contribution >= 4 is 7.26 Å². The van der Waals surface area contributed by atoms with Gasteiger partial charge in [0.25, 0.3) is 0 Å². The number of unbranched alkanes of at least 4 members (excludes halogenated alkanes) is 16. The van der Waals surface area contributed by atoms with Crippen LogP contribution in [-0.2, 0) is 6.16 Å². The number of benzene rings is 1. The van der Waals surface area contributed by atoms with Crippen molar-refractivity contribution in [2.75, 3.05) is 18.5 Å². The minimum atomic E-state index is -0.909. The lowest BCUT2D eigenvalue weighted by molar-refractivity contribution is -0.00000752. The van der Waals surface area contributed by atoms with E-state index in [9.17, 15) is 0 Å². The molecule has 0 atom stereocenters. The van der Waals surface area contributed by atoms with Crippen molar-refractivity contribution in [3.05, 3.63) is 48.6 Å². The van der Waals surface area contributed by atoms with Crippen LogP contribution in [0.25, 0.3) is 0 Å². The van der Waals surface area contributed by atoms with Gasteiger partial charge in [0.05, 0.1) is 24.6 Å². The van der Waals surface area contributed by atoms with Crippen molar-refractivity contribution < 1.29 is 12.4 Å². The Hall–Kier alpha value is -0.320. The highest BCUT2D eigenvalue weighted by atomic mass is 35.5. The predicted molar refractivity (Wildman–Crippen MR) is 161 cm³/mol. The molecular weight excluding hydrogens is 463 g/mol. The van der Waals surface area contributed by atoms with Crippen LogP contribution in [0.4, 0.5) is 0 Å². The molecule has 0 saturated heterocycles. The van der Waals surface area contributed by atoms with Gasteiger partial charge in [-0.25, -0.2) is 0 Å². The average molecular weight is 523 g/mol. The van der Waals surface area contributed by atoms with Crippen LogP contribution in [0, 0.1) is 0 Å². The Morgan fingerprint density at radius 2 is 0.971 bits per heavy atom. The van der Waals surface area contributed by atoms with E-state index in [2.05, 4.69) is 56.8 Å². The van der Waals surface area contributed by atoms with Gasteiger partial charge in [0.2, 0.25) is 0 Å². The van der Waals surface area contributed by atoms with E-state index in [0.29, 0.717) is 0 Å². The fourth-order valence-corrected chi connectivity index (χ4v) is 10.3. The second-order valence-corrected chi connectivity index (χ2v) is 15.2. The summed E-state index contributed by atoms with van der Waals surface area (Å²) in [5, 5.41) is 0. The fourth-order valence-electron chi connectivity index (χ4n) is 5.44. The molecule has 0 unspecified atom stereocenters. The topological polar surface area (TPSA) is 0 Å². The van der Waals surface area contributed by atoms with Gasteiger partial charge >= 0.3 is 0 Å². The zero-order chi connectivity index (χ0) is 24.6. The Balaban J connectivity index is 0.0000116. The second kappa shape index (κ2) is 25.3. The van der Waals surface area contributed by atoms with E-state index in [1.165, 1.54) is 128 Å². The van der Waals surface area contributed by atoms with Crippen LogP contribution in [0.1, 0.15) is 141 Å². The van der Waals surface area contributed by atoms with Crippen LogP contribution < -0.4 is 12.4 Å². The molecular formula is C33H60ClP. The second-order valence-electron chi connectivity index (χ2n) is 10.9. The predicted octanol–water partition coefficient (Wildman–Crippen LogP) is 8.85. The molecule has 0 amide bonds. The van der Waals surface area contributed by atoms with E-state index in [1.54, 1.807) is 24.0 Å². The fraction of sp³-hybridized carbons (Fsp3) is 0.758. The smallest absolute Gasteiger partial charge is 0.0842 e. The number of halogens is 1. The van der Waals surface area contributed by atoms with Crippen molar-refractivity contribution in [2.24, 2.45) is 0 Å². The summed E-state index contributed by atoms with van der Waals surface area (Å²) < 4.78 is 0. The molecule has 1 rings (SSSR count). The van der Waals surface area contributed by atoms with Crippen LogP contribution in [0.3, 0.4) is 0 Å². The van der Waals surface area contributed by atoms with Gasteiger partial charge in [0.15, 0.2) is 0 Å². The van der Waals surface area contributed by atoms with Gasteiger partial charge in [-0.1, -0.05) is 121 Å². The maximum Gasteiger partial charge on any atom is 0.0842 e. The van der Waals surface area contributed by atoms with Crippen molar-refractivity contribution in [1.29, 1.82) is 0 Å². The molecule has 0 aliphatic carbocycles. The van der Waals surface area contributed by atoms with Gasteiger partial charge in [0, 0.05) is 7.26 Å². The Morgan fingerprint density at radius 1 is 0.571 bits per heavy atom. The van der Waals surface area contributed by atoms with Crippen LogP contribution in [0.2, 0.25) is 0 Å². The zero-order valence-electron chi connectivity index (χ0n) is 23.8. The van der Waals surface area contributed by atoms with Crippen LogP contribution in [0.5, 0.6) is 0 Å². The Labute approximate surface area is 228 Å². The van der Waals surface area contributed by atoms with E-state index >= 15 is 0 Å². The lowest BCUT2D eigenvalue weighted by atomic mass is 10.1. The first kappa shape index (κ1) is 34.7. The summed E-state index contributed by atoms with van der Waals surface area (Å²) in [6.07, 6.45) is 35.2. The molecule has 0 bridgehead atoms. The summed E-state index contributed by atoms with van der Waals surface area (Å²) in [6.45, 7) is 8.52. The van der Waals surface area contributed by atoms with Gasteiger partial charge in [-0.2, -0.15) is 0 Å². The molecule has 0 radical (unpaired) electrons. The number of hydrogen-bond acceptors (Lipinski definition) is 0. The number of rotatable bonds is 25. The minimum absolute atomic E-state index is 0. The molecule has 204 valence electrons. The molecule has 0 aromatic heterocycles. The van der Waals surface area contributed by atoms with Crippen molar-refractivity contribution in [3.63, 3.8) is 0 Å². The molecule has 0 heterocycles. The highest BCUT2D eigenvalue weighted by Crippen LogP contribution is 2.63. The molecule has 2 heteroatoms. The van der Waals surface area contributed by atoms with Gasteiger partial charge in [-0.05, 0) is 56.9 Å². The van der Waals surface area contributed by atoms with E-state index in [4.69, 9.17) is 0 Å². The lowest BCUT2D eigenvalue weighted by Crippen LogP contribution is -3.00. The van der Waals surface area contributed by atoms with Crippen LogP contribution >= 0.6 is 7.26 Å². The summed E-state index contributed by atoms with van der Waals surface area (Å²) >= 11 is 0. The zero-order valence-corrected chi connectivity index (χ0v) is 25.4. The third kappa shape index (κ3) is 19.5. The molecule has 0 saturated carbocycles. The van der Waals surface area contributed by atoms with Gasteiger partial charge in [-0.3, -0.25) is 0 Å². The van der Waals surface area contributed by atoms with Crippen molar-refractivity contribution in [3.8, 4) is 0 Å². The van der Waals surface area contributed by atoms with Crippen LogP contribution in [-0.4, -0.2) is 18.5 Å². The summed E-state index contributed by atoms with van der Waals surface area (Å²) in [4.78, 5) is 0. The largest absolute Gasteiger partial charge is 1.00 e. The monoisotopic (exact) mass is 522 g/mol. The Bertz CT molecular complexity index is 539. The minimum Gasteiger partial charge on any atom is -1.00 e. The quantitative estimate of drug-likeness (QED) is 0.0683. The molecule has 1 aromatic rings. The van der Waals surface area contributed by atoms with E-state index in [1.807, 2.05) is 0 Å². The normalized spacial score (nSPS) is 11.4. The van der Waals surface area contributed by atoms with Crippen LogP contribution in [0.15, 0.2) is 43.0 Å². The van der Waals surface area contributed by atoms with E-state index in [0.717, 1.165) is 0 Å². The maximum atomic E-state index is 3.86. The molecule has 0 nitrogen and oxygen atoms in total. The standard InChI is InChI=1S/C33H60P.ClH/c1-4-7-10-13-16-17-20-26-31-34(29-24-18-14-11-8-5-2,30-25-19-15-12-9-6-3)32-33-27-22-21-23-28-33;/h4,21-23,27-28H,1,5-20,24-26,29-32H2,2-3H3;1H/q+1;/p-1. The Morgan fingerprint density at radius 3 is 1.40 bits per heavy atom. The number of hydrogen-bond donors (Lipinski definition) is 0. The highest BCUT2D eigenvalue weighted by Gasteiger charge is 2.35. The molecule has 0 spiro atoms. The first-order valence-electron chi connectivity index (χ1n) is 15.3. The summed E-state index contributed by atoms with van der Waals surface area (Å²) in [5.41, 5.74) is 1.62. The SMILES string of the molecule is C=CCCCCCCCC[P+](CCCCCCCC)(CCCCCCCC)Cc1ccccc1.[Cl-]. The molecule has 0 N–H and O–H groups in total. The maximum absolute atomic E-state index is 3.86. The number of allylic oxidation sites excluding steroid dienone is 1. The van der Waals surface area contributed by atoms with Gasteiger partial charge in [-0.15, -0.1) is 6.58 Å². The molecule has 0 fully saturated rings. The first-order chi connectivity index (χ1) is 16.8. The third-order valence-corrected chi connectivity index (χ3v) is 12.5. The van der Waals surface area contributed by atoms with Crippen molar-refractivity contribution in [1.82, 2.24) is 0 Å². The first-order valence-corrected chi connectivity index (χ1v) is 17.8.